The van der Waals surface area contributed by atoms with E-state index in [4.69, 9.17) is 9.16 Å². The Morgan fingerprint density at radius 3 is 2.10 bits per heavy atom. The highest BCUT2D eigenvalue weighted by Crippen LogP contribution is 2.39. The third-order valence-corrected chi connectivity index (χ3v) is 10.6. The lowest BCUT2D eigenvalue weighted by molar-refractivity contribution is -0.136. The number of hydrogen-bond donors (Lipinski definition) is 1. The van der Waals surface area contributed by atoms with Crippen molar-refractivity contribution < 1.29 is 14.0 Å². The number of aryl methyl sites for hydroxylation is 1. The van der Waals surface area contributed by atoms with Crippen LogP contribution >= 0.6 is 0 Å². The van der Waals surface area contributed by atoms with Gasteiger partial charge in [-0.25, -0.2) is 4.79 Å². The number of hydrogen-bond acceptors (Lipinski definition) is 4. The van der Waals surface area contributed by atoms with Crippen LogP contribution in [0.15, 0.2) is 72.8 Å². The fourth-order valence-corrected chi connectivity index (χ4v) is 4.54. The lowest BCUT2D eigenvalue weighted by atomic mass is 9.96. The number of anilines is 1. The zero-order chi connectivity index (χ0) is 23.1. The molecule has 0 aliphatic carbocycles. The number of ether oxygens (including phenoxy) is 1. The monoisotopic (exact) mass is 439 g/mol. The molecule has 0 saturated carbocycles. The molecular formula is C26H37NO3Si. The van der Waals surface area contributed by atoms with Gasteiger partial charge in [0.2, 0.25) is 0 Å². The summed E-state index contributed by atoms with van der Waals surface area (Å²) in [5, 5.41) is 3.54. The predicted molar refractivity (Wildman–Crippen MR) is 132 cm³/mol. The standard InChI is InChI=1S/C26H37NO3Si/c1-20(25(28)29-5)24(27-22-16-12-9-13-17-22)23(30-31(6,7)26(2,3)4)19-18-21-14-10-8-11-15-21/h8-17,23-24,27H,1,18-19H2,2-7H3/t23-,24+/m1/s1. The molecule has 0 aliphatic heterocycles. The molecule has 1 N–H and O–H groups in total. The number of benzene rings is 2. The van der Waals surface area contributed by atoms with Crippen LogP contribution in [-0.4, -0.2) is 33.5 Å². The number of para-hydroxylation sites is 1. The molecular weight excluding hydrogens is 402 g/mol. The summed E-state index contributed by atoms with van der Waals surface area (Å²) in [6.07, 6.45) is 1.38. The number of carbonyl (C=O) groups is 1. The van der Waals surface area contributed by atoms with Gasteiger partial charge >= 0.3 is 5.97 Å². The molecule has 5 heteroatoms. The number of nitrogens with one attached hydrogen (secondary N) is 1. The first kappa shape index (κ1) is 24.9. The second-order valence-electron chi connectivity index (χ2n) is 9.45. The second-order valence-corrected chi connectivity index (χ2v) is 14.2. The van der Waals surface area contributed by atoms with Crippen molar-refractivity contribution in [3.8, 4) is 0 Å². The average molecular weight is 440 g/mol. The van der Waals surface area contributed by atoms with Gasteiger partial charge in [0.1, 0.15) is 0 Å². The van der Waals surface area contributed by atoms with Gasteiger partial charge < -0.3 is 14.5 Å². The normalized spacial score (nSPS) is 13.9. The Morgan fingerprint density at radius 1 is 1.03 bits per heavy atom. The Labute approximate surface area is 188 Å². The van der Waals surface area contributed by atoms with E-state index in [0.717, 1.165) is 18.5 Å². The molecule has 0 saturated heterocycles. The van der Waals surface area contributed by atoms with E-state index in [1.54, 1.807) is 0 Å². The minimum Gasteiger partial charge on any atom is -0.466 e. The fourth-order valence-electron chi connectivity index (χ4n) is 3.18. The Morgan fingerprint density at radius 2 is 1.58 bits per heavy atom. The van der Waals surface area contributed by atoms with E-state index >= 15 is 0 Å². The molecule has 31 heavy (non-hydrogen) atoms. The first-order valence-electron chi connectivity index (χ1n) is 10.9. The zero-order valence-electron chi connectivity index (χ0n) is 19.8. The van der Waals surface area contributed by atoms with Crippen LogP contribution in [0.5, 0.6) is 0 Å². The lowest BCUT2D eigenvalue weighted by Crippen LogP contribution is -2.50. The van der Waals surface area contributed by atoms with Crippen molar-refractivity contribution >= 4 is 20.0 Å². The third-order valence-electron chi connectivity index (χ3n) is 6.10. The van der Waals surface area contributed by atoms with Gasteiger partial charge in [-0.15, -0.1) is 0 Å². The van der Waals surface area contributed by atoms with Gasteiger partial charge in [0.25, 0.3) is 0 Å². The van der Waals surface area contributed by atoms with E-state index in [0.29, 0.717) is 5.57 Å². The summed E-state index contributed by atoms with van der Waals surface area (Å²) in [6.45, 7) is 15.2. The summed E-state index contributed by atoms with van der Waals surface area (Å²) in [5.41, 5.74) is 2.54. The Hall–Kier alpha value is -2.37. The van der Waals surface area contributed by atoms with Crippen LogP contribution in [0.2, 0.25) is 18.1 Å². The Kier molecular flexibility index (Phi) is 8.66. The Balaban J connectivity index is 2.39. The zero-order valence-corrected chi connectivity index (χ0v) is 20.8. The average Bonchev–Trinajstić information content (AvgIpc) is 2.74. The van der Waals surface area contributed by atoms with Gasteiger partial charge in [-0.3, -0.25) is 0 Å². The molecule has 0 radical (unpaired) electrons. The maximum absolute atomic E-state index is 12.5. The molecule has 2 aromatic carbocycles. The van der Waals surface area contributed by atoms with Crippen LogP contribution in [0, 0.1) is 0 Å². The molecule has 168 valence electrons. The van der Waals surface area contributed by atoms with Crippen molar-refractivity contribution in [2.45, 2.75) is 63.9 Å². The van der Waals surface area contributed by atoms with Crippen molar-refractivity contribution in [2.75, 3.05) is 12.4 Å². The molecule has 2 atom stereocenters. The molecule has 0 bridgehead atoms. The van der Waals surface area contributed by atoms with Crippen LogP contribution in [0.4, 0.5) is 5.69 Å². The molecule has 2 rings (SSSR count). The fraction of sp³-hybridized carbons (Fsp3) is 0.423. The smallest absolute Gasteiger partial charge is 0.335 e. The molecule has 0 amide bonds. The maximum Gasteiger partial charge on any atom is 0.335 e. The molecule has 2 aromatic rings. The topological polar surface area (TPSA) is 47.6 Å². The van der Waals surface area contributed by atoms with E-state index in [2.05, 4.69) is 57.9 Å². The summed E-state index contributed by atoms with van der Waals surface area (Å²) in [7, 11) is -0.721. The minimum absolute atomic E-state index is 0.0435. The van der Waals surface area contributed by atoms with Crippen molar-refractivity contribution in [2.24, 2.45) is 0 Å². The summed E-state index contributed by atoms with van der Waals surface area (Å²) < 4.78 is 11.9. The number of esters is 1. The summed E-state index contributed by atoms with van der Waals surface area (Å²) >= 11 is 0. The van der Waals surface area contributed by atoms with Gasteiger partial charge in [-0.2, -0.15) is 0 Å². The molecule has 0 heterocycles. The lowest BCUT2D eigenvalue weighted by Gasteiger charge is -2.42. The van der Waals surface area contributed by atoms with Gasteiger partial charge in [0.05, 0.1) is 24.8 Å². The summed E-state index contributed by atoms with van der Waals surface area (Å²) in [4.78, 5) is 12.5. The molecule has 0 unspecified atom stereocenters. The minimum atomic E-state index is -2.11. The van der Waals surface area contributed by atoms with Crippen molar-refractivity contribution in [3.63, 3.8) is 0 Å². The van der Waals surface area contributed by atoms with Gasteiger partial charge in [-0.1, -0.05) is 75.9 Å². The van der Waals surface area contributed by atoms with Crippen molar-refractivity contribution in [1.82, 2.24) is 0 Å². The number of methoxy groups -OCH3 is 1. The van der Waals surface area contributed by atoms with E-state index < -0.39 is 20.3 Å². The maximum atomic E-state index is 12.5. The van der Waals surface area contributed by atoms with Gasteiger partial charge in [-0.05, 0) is 48.7 Å². The number of carbonyl (C=O) groups excluding carboxylic acids is 1. The van der Waals surface area contributed by atoms with E-state index in [9.17, 15) is 4.79 Å². The number of rotatable bonds is 10. The highest BCUT2D eigenvalue weighted by atomic mass is 28.4. The largest absolute Gasteiger partial charge is 0.466 e. The molecule has 0 aromatic heterocycles. The molecule has 0 fully saturated rings. The molecule has 4 nitrogen and oxygen atoms in total. The van der Waals surface area contributed by atoms with E-state index in [1.165, 1.54) is 12.7 Å². The van der Waals surface area contributed by atoms with Crippen molar-refractivity contribution in [1.29, 1.82) is 0 Å². The van der Waals surface area contributed by atoms with Crippen LogP contribution in [-0.2, 0) is 20.4 Å². The van der Waals surface area contributed by atoms with Gasteiger partial charge in [0, 0.05) is 5.69 Å². The third kappa shape index (κ3) is 7.08. The first-order valence-corrected chi connectivity index (χ1v) is 13.8. The Bertz CT molecular complexity index is 844. The molecule has 0 spiro atoms. The predicted octanol–water partition coefficient (Wildman–Crippen LogP) is 6.22. The van der Waals surface area contributed by atoms with E-state index in [1.807, 2.05) is 48.5 Å². The SMILES string of the molecule is C=C(C(=O)OC)[C@H](Nc1ccccc1)[C@@H](CCc1ccccc1)O[Si](C)(C)C(C)(C)C. The van der Waals surface area contributed by atoms with Crippen LogP contribution in [0.3, 0.4) is 0 Å². The first-order chi connectivity index (χ1) is 14.5. The summed E-state index contributed by atoms with van der Waals surface area (Å²) in [5.74, 6) is -0.419. The van der Waals surface area contributed by atoms with Gasteiger partial charge in [0.15, 0.2) is 8.32 Å². The van der Waals surface area contributed by atoms with Crippen LogP contribution in [0.1, 0.15) is 32.8 Å². The van der Waals surface area contributed by atoms with Crippen molar-refractivity contribution in [3.05, 3.63) is 78.4 Å². The van der Waals surface area contributed by atoms with Crippen LogP contribution in [0.25, 0.3) is 0 Å². The quantitative estimate of drug-likeness (QED) is 0.271. The highest BCUT2D eigenvalue weighted by Gasteiger charge is 2.41. The van der Waals surface area contributed by atoms with E-state index in [-0.39, 0.29) is 11.1 Å². The highest BCUT2D eigenvalue weighted by molar-refractivity contribution is 6.74. The molecule has 0 aliphatic rings. The van der Waals surface area contributed by atoms with Crippen LogP contribution < -0.4 is 5.32 Å². The summed E-state index contributed by atoms with van der Waals surface area (Å²) in [6, 6.07) is 19.8. The second kappa shape index (κ2) is 10.8.